The fourth-order valence-corrected chi connectivity index (χ4v) is 3.64. The largest absolute Gasteiger partial charge is 0.505 e. The standard InChI is InChI=1S/C15H23BO3S/c1-14(2)15(3,4)19-16(18-14)13-9-12(10-20-13)11-5-7-17-8-6-11/h9-11H,5-8H2,1-4H3. The molecule has 0 saturated carbocycles. The van der Waals surface area contributed by atoms with Gasteiger partial charge in [0.2, 0.25) is 0 Å². The quantitative estimate of drug-likeness (QED) is 0.785. The van der Waals surface area contributed by atoms with Gasteiger partial charge < -0.3 is 14.0 Å². The first-order chi connectivity index (χ1) is 9.39. The maximum Gasteiger partial charge on any atom is 0.505 e. The molecule has 0 aliphatic carbocycles. The smallest absolute Gasteiger partial charge is 0.399 e. The van der Waals surface area contributed by atoms with Gasteiger partial charge in [-0.1, -0.05) is 0 Å². The second-order valence-corrected chi connectivity index (χ2v) is 7.70. The second kappa shape index (κ2) is 5.13. The number of hydrogen-bond acceptors (Lipinski definition) is 4. The molecule has 20 heavy (non-hydrogen) atoms. The maximum absolute atomic E-state index is 6.11. The van der Waals surface area contributed by atoms with Crippen molar-refractivity contribution in [1.29, 1.82) is 0 Å². The van der Waals surface area contributed by atoms with Crippen LogP contribution >= 0.6 is 11.3 Å². The van der Waals surface area contributed by atoms with Gasteiger partial charge in [-0.05, 0) is 63.5 Å². The highest BCUT2D eigenvalue weighted by atomic mass is 32.1. The zero-order chi connectivity index (χ0) is 14.4. The zero-order valence-corrected chi connectivity index (χ0v) is 13.6. The van der Waals surface area contributed by atoms with E-state index in [2.05, 4.69) is 39.1 Å². The van der Waals surface area contributed by atoms with Crippen molar-refractivity contribution in [1.82, 2.24) is 0 Å². The molecule has 0 amide bonds. The van der Waals surface area contributed by atoms with Crippen molar-refractivity contribution < 1.29 is 14.0 Å². The van der Waals surface area contributed by atoms with Gasteiger partial charge in [0.25, 0.3) is 0 Å². The van der Waals surface area contributed by atoms with E-state index in [1.165, 1.54) is 10.3 Å². The molecule has 2 saturated heterocycles. The molecule has 3 rings (SSSR count). The third-order valence-corrected chi connectivity index (χ3v) is 5.79. The summed E-state index contributed by atoms with van der Waals surface area (Å²) in [7, 11) is -0.224. The van der Waals surface area contributed by atoms with Crippen LogP contribution in [0.2, 0.25) is 0 Å². The third kappa shape index (κ3) is 2.57. The van der Waals surface area contributed by atoms with Gasteiger partial charge in [0.1, 0.15) is 0 Å². The molecule has 1 aromatic rings. The van der Waals surface area contributed by atoms with Gasteiger partial charge in [-0.2, -0.15) is 11.3 Å². The van der Waals surface area contributed by atoms with Crippen LogP contribution in [-0.4, -0.2) is 31.5 Å². The average Bonchev–Trinajstić information content (AvgIpc) is 2.94. The molecule has 2 aliphatic rings. The summed E-state index contributed by atoms with van der Waals surface area (Å²) >= 11 is 1.75. The summed E-state index contributed by atoms with van der Waals surface area (Å²) in [6, 6.07) is 2.27. The Morgan fingerprint density at radius 1 is 1.10 bits per heavy atom. The third-order valence-electron chi connectivity index (χ3n) is 4.82. The first kappa shape index (κ1) is 14.6. The van der Waals surface area contributed by atoms with Crippen molar-refractivity contribution in [2.75, 3.05) is 13.2 Å². The summed E-state index contributed by atoms with van der Waals surface area (Å²) in [6.45, 7) is 10.2. The summed E-state index contributed by atoms with van der Waals surface area (Å²) in [5.41, 5.74) is 0.893. The SMILES string of the molecule is CC1(C)OB(c2cc(C3CCOCC3)cs2)OC1(C)C. The topological polar surface area (TPSA) is 27.7 Å². The molecule has 0 radical (unpaired) electrons. The normalized spacial score (nSPS) is 26.1. The van der Waals surface area contributed by atoms with E-state index >= 15 is 0 Å². The number of hydrogen-bond donors (Lipinski definition) is 0. The molecule has 110 valence electrons. The molecule has 3 nitrogen and oxygen atoms in total. The van der Waals surface area contributed by atoms with E-state index in [-0.39, 0.29) is 18.3 Å². The highest BCUT2D eigenvalue weighted by molar-refractivity contribution is 7.20. The van der Waals surface area contributed by atoms with Gasteiger partial charge in [0.15, 0.2) is 0 Å². The molecule has 0 atom stereocenters. The number of ether oxygens (including phenoxy) is 1. The Bertz CT molecular complexity index is 461. The van der Waals surface area contributed by atoms with E-state index in [1.807, 2.05) is 0 Å². The fraction of sp³-hybridized carbons (Fsp3) is 0.733. The summed E-state index contributed by atoms with van der Waals surface area (Å²) in [5.74, 6) is 0.635. The van der Waals surface area contributed by atoms with Crippen LogP contribution < -0.4 is 4.78 Å². The molecule has 0 spiro atoms. The van der Waals surface area contributed by atoms with E-state index in [1.54, 1.807) is 11.3 Å². The molecule has 3 heterocycles. The van der Waals surface area contributed by atoms with Crippen LogP contribution in [0.15, 0.2) is 11.4 Å². The lowest BCUT2D eigenvalue weighted by Crippen LogP contribution is -2.41. The fourth-order valence-electron chi connectivity index (χ4n) is 2.70. The van der Waals surface area contributed by atoms with Crippen LogP contribution in [0.1, 0.15) is 52.0 Å². The number of thiophene rings is 1. The lowest BCUT2D eigenvalue weighted by molar-refractivity contribution is 0.00578. The Labute approximate surface area is 125 Å². The Morgan fingerprint density at radius 3 is 2.30 bits per heavy atom. The van der Waals surface area contributed by atoms with E-state index < -0.39 is 0 Å². The molecule has 1 aromatic heterocycles. The molecule has 0 bridgehead atoms. The van der Waals surface area contributed by atoms with Gasteiger partial charge in [0.05, 0.1) is 11.2 Å². The minimum absolute atomic E-state index is 0.224. The zero-order valence-electron chi connectivity index (χ0n) is 12.8. The van der Waals surface area contributed by atoms with Crippen LogP contribution in [-0.2, 0) is 14.0 Å². The van der Waals surface area contributed by atoms with Gasteiger partial charge in [0, 0.05) is 18.0 Å². The van der Waals surface area contributed by atoms with Crippen molar-refractivity contribution in [3.05, 3.63) is 17.0 Å². The highest BCUT2D eigenvalue weighted by Crippen LogP contribution is 2.37. The maximum atomic E-state index is 6.11. The molecule has 5 heteroatoms. The van der Waals surface area contributed by atoms with Crippen LogP contribution in [0.25, 0.3) is 0 Å². The molecular formula is C15H23BO3S. The van der Waals surface area contributed by atoms with Crippen molar-refractivity contribution in [3.63, 3.8) is 0 Å². The van der Waals surface area contributed by atoms with Crippen LogP contribution in [0.4, 0.5) is 0 Å². The van der Waals surface area contributed by atoms with Crippen molar-refractivity contribution in [2.45, 2.75) is 57.7 Å². The van der Waals surface area contributed by atoms with Gasteiger partial charge in [-0.25, -0.2) is 0 Å². The predicted octanol–water partition coefficient (Wildman–Crippen LogP) is 2.94. The summed E-state index contributed by atoms with van der Waals surface area (Å²) in [5, 5.41) is 2.26. The Kier molecular flexibility index (Phi) is 3.74. The van der Waals surface area contributed by atoms with E-state index in [4.69, 9.17) is 14.0 Å². The summed E-state index contributed by atoms with van der Waals surface area (Å²) < 4.78 is 18.9. The Morgan fingerprint density at radius 2 is 1.70 bits per heavy atom. The van der Waals surface area contributed by atoms with E-state index in [0.29, 0.717) is 5.92 Å². The van der Waals surface area contributed by atoms with Crippen LogP contribution in [0, 0.1) is 0 Å². The predicted molar refractivity (Wildman–Crippen MR) is 82.8 cm³/mol. The Balaban J connectivity index is 1.74. The van der Waals surface area contributed by atoms with Crippen molar-refractivity contribution in [3.8, 4) is 0 Å². The van der Waals surface area contributed by atoms with Crippen molar-refractivity contribution >= 4 is 23.2 Å². The lowest BCUT2D eigenvalue weighted by atomic mass is 9.85. The summed E-state index contributed by atoms with van der Waals surface area (Å²) in [6.07, 6.45) is 2.25. The summed E-state index contributed by atoms with van der Waals surface area (Å²) in [4.78, 5) is 0. The minimum Gasteiger partial charge on any atom is -0.399 e. The van der Waals surface area contributed by atoms with Crippen LogP contribution in [0.5, 0.6) is 0 Å². The van der Waals surface area contributed by atoms with Gasteiger partial charge >= 0.3 is 7.12 Å². The lowest BCUT2D eigenvalue weighted by Gasteiger charge is -2.32. The molecular weight excluding hydrogens is 271 g/mol. The van der Waals surface area contributed by atoms with Gasteiger partial charge in [-0.3, -0.25) is 0 Å². The minimum atomic E-state index is -0.263. The highest BCUT2D eigenvalue weighted by Gasteiger charge is 2.52. The molecule has 0 unspecified atom stereocenters. The first-order valence-corrected chi connectivity index (χ1v) is 8.29. The van der Waals surface area contributed by atoms with E-state index in [0.717, 1.165) is 26.1 Å². The molecule has 2 fully saturated rings. The van der Waals surface area contributed by atoms with Crippen LogP contribution in [0.3, 0.4) is 0 Å². The molecule has 0 aromatic carbocycles. The monoisotopic (exact) mass is 294 g/mol. The second-order valence-electron chi connectivity index (χ2n) is 6.76. The Hall–Kier alpha value is -0.355. The van der Waals surface area contributed by atoms with Gasteiger partial charge in [-0.15, -0.1) is 0 Å². The van der Waals surface area contributed by atoms with Crippen molar-refractivity contribution in [2.24, 2.45) is 0 Å². The molecule has 0 N–H and O–H groups in total. The van der Waals surface area contributed by atoms with E-state index in [9.17, 15) is 0 Å². The molecule has 2 aliphatic heterocycles. The number of rotatable bonds is 2. The average molecular weight is 294 g/mol. The first-order valence-electron chi connectivity index (χ1n) is 7.41.